The van der Waals surface area contributed by atoms with E-state index in [0.29, 0.717) is 16.8 Å². The number of carbonyl (C=O) groups excluding carboxylic acids is 1. The molecule has 0 amide bonds. The first-order chi connectivity index (χ1) is 20.0. The number of hydrogen-bond donors (Lipinski definition) is 3. The molecule has 5 rings (SSSR count). The number of aromatic amines is 1. The lowest BCUT2D eigenvalue weighted by atomic mass is 9.97. The smallest absolute Gasteiger partial charge is 0.251 e. The molecule has 4 aromatic rings. The summed E-state index contributed by atoms with van der Waals surface area (Å²) < 4.78 is 58.1. The minimum Gasteiger partial charge on any atom is -0.345 e. The summed E-state index contributed by atoms with van der Waals surface area (Å²) >= 11 is 0. The first-order valence-electron chi connectivity index (χ1n) is 13.5. The third-order valence-electron chi connectivity index (χ3n) is 7.65. The van der Waals surface area contributed by atoms with Crippen LogP contribution < -0.4 is 10.9 Å². The molecule has 1 aliphatic heterocycles. The van der Waals surface area contributed by atoms with E-state index in [4.69, 9.17) is 5.41 Å². The Morgan fingerprint density at radius 3 is 2.57 bits per heavy atom. The Balaban J connectivity index is 1.49. The predicted octanol–water partition coefficient (Wildman–Crippen LogP) is 3.47. The van der Waals surface area contributed by atoms with Gasteiger partial charge in [-0.2, -0.15) is 0 Å². The Hall–Kier alpha value is -4.07. The van der Waals surface area contributed by atoms with Crippen LogP contribution in [0.3, 0.4) is 0 Å². The van der Waals surface area contributed by atoms with Crippen molar-refractivity contribution in [3.63, 3.8) is 0 Å². The number of rotatable bonds is 9. The van der Waals surface area contributed by atoms with Crippen LogP contribution in [-0.2, 0) is 10.0 Å². The molecule has 0 unspecified atom stereocenters. The van der Waals surface area contributed by atoms with Crippen LogP contribution in [0.4, 0.5) is 8.78 Å². The fraction of sp³-hybridized carbons (Fsp3) is 0.310. The number of nitrogens with one attached hydrogen (secondary N) is 3. The number of piperidine rings is 1. The van der Waals surface area contributed by atoms with E-state index in [9.17, 15) is 22.4 Å². The van der Waals surface area contributed by atoms with Gasteiger partial charge in [0.2, 0.25) is 15.8 Å². The molecule has 0 bridgehead atoms. The highest BCUT2D eigenvalue weighted by Gasteiger charge is 2.28. The number of aromatic nitrogens is 3. The third kappa shape index (κ3) is 5.54. The Morgan fingerprint density at radius 2 is 1.88 bits per heavy atom. The molecule has 1 saturated heterocycles. The summed E-state index contributed by atoms with van der Waals surface area (Å²) in [5, 5.41) is 11.8. The van der Waals surface area contributed by atoms with Gasteiger partial charge in [-0.05, 0) is 55.8 Å². The highest BCUT2D eigenvalue weighted by molar-refractivity contribution is 7.89. The summed E-state index contributed by atoms with van der Waals surface area (Å²) in [5.74, 6) is -4.29. The summed E-state index contributed by atoms with van der Waals surface area (Å²) in [6.45, 7) is 3.44. The van der Waals surface area contributed by atoms with Gasteiger partial charge in [0, 0.05) is 66.4 Å². The molecule has 0 radical (unpaired) electrons. The van der Waals surface area contributed by atoms with Gasteiger partial charge < -0.3 is 20.3 Å². The average molecular weight is 597 g/mol. The minimum atomic E-state index is -3.91. The number of ketones is 1. The number of benzene rings is 1. The van der Waals surface area contributed by atoms with Crippen LogP contribution in [-0.4, -0.2) is 71.2 Å². The highest BCUT2D eigenvalue weighted by Crippen LogP contribution is 2.28. The van der Waals surface area contributed by atoms with Crippen molar-refractivity contribution in [3.8, 4) is 11.1 Å². The van der Waals surface area contributed by atoms with Gasteiger partial charge in [-0.1, -0.05) is 6.92 Å². The molecule has 1 fully saturated rings. The fourth-order valence-electron chi connectivity index (χ4n) is 5.10. The fourth-order valence-corrected chi connectivity index (χ4v) is 6.23. The Bertz CT molecular complexity index is 1860. The van der Waals surface area contributed by atoms with Gasteiger partial charge in [-0.25, -0.2) is 26.5 Å². The summed E-state index contributed by atoms with van der Waals surface area (Å²) in [5.41, 5.74) is -0.831. The second kappa shape index (κ2) is 11.7. The van der Waals surface area contributed by atoms with Crippen molar-refractivity contribution < 1.29 is 22.0 Å². The quantitative estimate of drug-likeness (QED) is 0.200. The van der Waals surface area contributed by atoms with Crippen LogP contribution in [0.15, 0.2) is 53.7 Å². The number of fused-ring (bicyclic) bond motifs is 1. The van der Waals surface area contributed by atoms with E-state index in [1.54, 1.807) is 29.8 Å². The van der Waals surface area contributed by atoms with Crippen LogP contribution in [0.2, 0.25) is 0 Å². The molecule has 3 aromatic heterocycles. The monoisotopic (exact) mass is 596 g/mol. The molecule has 42 heavy (non-hydrogen) atoms. The third-order valence-corrected chi connectivity index (χ3v) is 9.51. The van der Waals surface area contributed by atoms with Crippen LogP contribution in [0.5, 0.6) is 0 Å². The van der Waals surface area contributed by atoms with Crippen molar-refractivity contribution in [2.75, 3.05) is 32.4 Å². The van der Waals surface area contributed by atoms with E-state index in [1.165, 1.54) is 25.5 Å². The molecule has 0 atom stereocenters. The second-order valence-electron chi connectivity index (χ2n) is 10.2. The van der Waals surface area contributed by atoms with E-state index >= 15 is 4.39 Å². The van der Waals surface area contributed by atoms with Crippen molar-refractivity contribution in [2.24, 2.45) is 0 Å². The van der Waals surface area contributed by atoms with E-state index in [1.807, 2.05) is 0 Å². The van der Waals surface area contributed by atoms with Gasteiger partial charge in [0.05, 0.1) is 11.3 Å². The number of pyridine rings is 2. The zero-order valence-electron chi connectivity index (χ0n) is 23.1. The maximum atomic E-state index is 15.6. The zero-order chi connectivity index (χ0) is 30.2. The number of H-pyrrole nitrogens is 1. The minimum absolute atomic E-state index is 0.0674. The van der Waals surface area contributed by atoms with Gasteiger partial charge in [0.25, 0.3) is 5.56 Å². The lowest BCUT2D eigenvalue weighted by Crippen LogP contribution is -2.33. The maximum Gasteiger partial charge on any atom is 0.251 e. The van der Waals surface area contributed by atoms with E-state index in [-0.39, 0.29) is 29.1 Å². The zero-order valence-corrected chi connectivity index (χ0v) is 23.9. The Kier molecular flexibility index (Phi) is 8.17. The number of sulfonamides is 1. The lowest BCUT2D eigenvalue weighted by Gasteiger charge is -2.24. The normalized spacial score (nSPS) is 14.5. The van der Waals surface area contributed by atoms with E-state index in [0.717, 1.165) is 42.4 Å². The summed E-state index contributed by atoms with van der Waals surface area (Å²) in [6.07, 6.45) is 6.26. The molecule has 0 aliphatic carbocycles. The molecule has 1 aromatic carbocycles. The highest BCUT2D eigenvalue weighted by atomic mass is 32.2. The molecule has 0 spiro atoms. The molecule has 10 nitrogen and oxygen atoms in total. The molecule has 3 N–H and O–H groups in total. The number of nitrogens with zero attached hydrogens (tertiary/aromatic N) is 3. The summed E-state index contributed by atoms with van der Waals surface area (Å²) in [4.78, 5) is 33.6. The Morgan fingerprint density at radius 1 is 1.14 bits per heavy atom. The van der Waals surface area contributed by atoms with E-state index < -0.39 is 50.0 Å². The van der Waals surface area contributed by atoms with Crippen molar-refractivity contribution in [1.82, 2.24) is 24.2 Å². The van der Waals surface area contributed by atoms with Crippen LogP contribution >= 0.6 is 0 Å². The molecular weight excluding hydrogens is 566 g/mol. The topological polar surface area (TPSA) is 141 Å². The van der Waals surface area contributed by atoms with Crippen molar-refractivity contribution in [2.45, 2.75) is 25.8 Å². The standard InChI is InChI=1S/C29H30F2N6O4S/c1-3-36(2)42(40,41)16-24(32)20-4-5-23(30)26(27(20)31)28(39)22-15-35-29-21(22)12-18(14-34-29)17-8-11-37(25(38)13-17)19-6-9-33-10-7-19/h4-5,8,11-15,19,32-33H,3,6-7,9-10,16H2,1-2H3,(H,34,35). The molecule has 4 heterocycles. The largest absolute Gasteiger partial charge is 0.345 e. The van der Waals surface area contributed by atoms with Gasteiger partial charge in [0.15, 0.2) is 0 Å². The van der Waals surface area contributed by atoms with E-state index in [2.05, 4.69) is 15.3 Å². The average Bonchev–Trinajstić information content (AvgIpc) is 3.40. The van der Waals surface area contributed by atoms with Crippen LogP contribution in [0.25, 0.3) is 22.2 Å². The molecule has 220 valence electrons. The van der Waals surface area contributed by atoms with Gasteiger partial charge >= 0.3 is 0 Å². The predicted molar refractivity (Wildman–Crippen MR) is 156 cm³/mol. The number of halogens is 2. The van der Waals surface area contributed by atoms with Crippen molar-refractivity contribution in [1.29, 1.82) is 5.41 Å². The maximum absolute atomic E-state index is 15.6. The van der Waals surface area contributed by atoms with Crippen LogP contribution in [0.1, 0.15) is 47.3 Å². The van der Waals surface area contributed by atoms with Gasteiger partial charge in [-0.3, -0.25) is 9.59 Å². The van der Waals surface area contributed by atoms with Gasteiger partial charge in [0.1, 0.15) is 23.0 Å². The molecule has 1 aliphatic rings. The summed E-state index contributed by atoms with van der Waals surface area (Å²) in [7, 11) is -2.58. The van der Waals surface area contributed by atoms with Crippen molar-refractivity contribution in [3.05, 3.63) is 87.6 Å². The first-order valence-corrected chi connectivity index (χ1v) is 15.1. The number of carbonyl (C=O) groups is 1. The second-order valence-corrected chi connectivity index (χ2v) is 12.3. The van der Waals surface area contributed by atoms with Gasteiger partial charge in [-0.15, -0.1) is 0 Å². The molecular formula is C29H30F2N6O4S. The SMILES string of the molecule is CCN(C)S(=O)(=O)CC(=N)c1ccc(F)c(C(=O)c2c[nH]c3ncc(-c4ccn(C5CCNCC5)c(=O)c4)cc23)c1F. The number of hydrogen-bond acceptors (Lipinski definition) is 7. The van der Waals surface area contributed by atoms with Crippen LogP contribution in [0, 0.1) is 17.0 Å². The van der Waals surface area contributed by atoms with Crippen molar-refractivity contribution >= 4 is 32.6 Å². The summed E-state index contributed by atoms with van der Waals surface area (Å²) in [6, 6.07) is 6.80. The first kappa shape index (κ1) is 29.4. The molecule has 0 saturated carbocycles. The lowest BCUT2D eigenvalue weighted by molar-refractivity contribution is 0.103. The Labute approximate surface area is 241 Å². The molecule has 13 heteroatoms.